The van der Waals surface area contributed by atoms with Gasteiger partial charge < -0.3 is 43.4 Å². The van der Waals surface area contributed by atoms with E-state index in [1.54, 1.807) is 27.9 Å². The van der Waals surface area contributed by atoms with Crippen molar-refractivity contribution in [3.05, 3.63) is 46.0 Å². The van der Waals surface area contributed by atoms with E-state index in [1.807, 2.05) is 24.6 Å². The van der Waals surface area contributed by atoms with Crippen LogP contribution in [0.1, 0.15) is 96.6 Å². The quantitative estimate of drug-likeness (QED) is 0.104. The number of pyridine rings is 1. The first-order valence-corrected chi connectivity index (χ1v) is 23.7. The molecule has 0 bridgehead atoms. The largest absolute Gasteiger partial charge is 0.489 e. The first-order chi connectivity index (χ1) is 31.2. The van der Waals surface area contributed by atoms with Crippen molar-refractivity contribution in [3.8, 4) is 28.3 Å². The number of likely N-dealkylation sites (N-methyl/N-ethyl adjacent to an activating group) is 1. The Balaban J connectivity index is 1.33. The molecule has 0 aliphatic carbocycles. The monoisotopic (exact) mass is 930 g/mol. The lowest BCUT2D eigenvalue weighted by Gasteiger charge is -2.34. The zero-order chi connectivity index (χ0) is 47.7. The van der Waals surface area contributed by atoms with Crippen LogP contribution in [0.3, 0.4) is 0 Å². The van der Waals surface area contributed by atoms with Gasteiger partial charge >= 0.3 is 18.0 Å². The Kier molecular flexibility index (Phi) is 14.7. The molecular formula is C48H66N8O9S. The molecule has 1 unspecified atom stereocenters. The summed E-state index contributed by atoms with van der Waals surface area (Å²) in [7, 11) is 5.15. The Morgan fingerprint density at radius 3 is 2.47 bits per heavy atom. The van der Waals surface area contributed by atoms with Gasteiger partial charge in [0.2, 0.25) is 0 Å². The third-order valence-corrected chi connectivity index (χ3v) is 13.2. The van der Waals surface area contributed by atoms with E-state index >= 15 is 0 Å². The van der Waals surface area contributed by atoms with Crippen LogP contribution in [0, 0.1) is 5.41 Å². The summed E-state index contributed by atoms with van der Waals surface area (Å²) < 4.78 is 31.1. The maximum absolute atomic E-state index is 14.2. The molecule has 2 N–H and O–H groups in total. The van der Waals surface area contributed by atoms with E-state index in [1.165, 1.54) is 30.4 Å². The highest BCUT2D eigenvalue weighted by atomic mass is 32.1. The Morgan fingerprint density at radius 2 is 1.79 bits per heavy atom. The van der Waals surface area contributed by atoms with Crippen LogP contribution in [0.25, 0.3) is 33.4 Å². The number of anilines is 1. The molecule has 358 valence electrons. The number of hydrazine groups is 1. The topological polar surface area (TPSA) is 179 Å². The summed E-state index contributed by atoms with van der Waals surface area (Å²) in [5.74, 6) is -0.524. The molecule has 1 aromatic carbocycles. The number of aromatic nitrogens is 3. The van der Waals surface area contributed by atoms with Crippen molar-refractivity contribution in [1.82, 2.24) is 35.2 Å². The summed E-state index contributed by atoms with van der Waals surface area (Å²) in [4.78, 5) is 66.8. The molecule has 17 nitrogen and oxygen atoms in total. The molecule has 2 saturated heterocycles. The predicted molar refractivity (Wildman–Crippen MR) is 252 cm³/mol. The minimum absolute atomic E-state index is 0.0423. The van der Waals surface area contributed by atoms with E-state index < -0.39 is 41.1 Å². The summed E-state index contributed by atoms with van der Waals surface area (Å²) in [5.41, 5.74) is 9.08. The third kappa shape index (κ3) is 10.9. The fraction of sp³-hybridized carbons (Fsp3) is 0.583. The lowest BCUT2D eigenvalue weighted by atomic mass is 9.84. The van der Waals surface area contributed by atoms with Gasteiger partial charge in [-0.1, -0.05) is 13.8 Å². The van der Waals surface area contributed by atoms with Crippen LogP contribution >= 0.6 is 11.3 Å². The van der Waals surface area contributed by atoms with Crippen molar-refractivity contribution in [2.24, 2.45) is 5.41 Å². The van der Waals surface area contributed by atoms with E-state index in [4.69, 9.17) is 33.7 Å². The summed E-state index contributed by atoms with van der Waals surface area (Å²) in [6.45, 7) is 19.7. The number of hydrogen-bond donors (Lipinski definition) is 2. The molecule has 66 heavy (non-hydrogen) atoms. The number of ether oxygens (including phenoxy) is 5. The molecule has 2 fully saturated rings. The Labute approximate surface area is 391 Å². The minimum Gasteiger partial charge on any atom is -0.489 e. The standard InChI is InChI=1S/C48H66N8O9S/c1-28-25-63-39-20-31(38-26-66-40(50-38)22-37(51-46(60)65-47(4,5)6)44(58)55-14-12-13-36(52-55)45(59)62-11)19-33-35(23-48(7,8)27-64-30(3)57)42(56(28)43(33)39)34-21-32(24-49-41(34)29(2)61-10)54-17-15-53(9)16-18-54/h19-21,24,26,28-29,36-37,52H,12-18,22-23,25,27H2,1-11H3,(H,51,60)/t28?,29-,36-,37-/m0/s1. The molecule has 6 heterocycles. The molecule has 0 spiro atoms. The van der Waals surface area contributed by atoms with Crippen LogP contribution < -0.4 is 20.4 Å². The van der Waals surface area contributed by atoms with E-state index in [-0.39, 0.29) is 31.1 Å². The number of rotatable bonds is 14. The van der Waals surface area contributed by atoms with E-state index in [9.17, 15) is 19.2 Å². The highest BCUT2D eigenvalue weighted by molar-refractivity contribution is 7.10. The van der Waals surface area contributed by atoms with E-state index in [2.05, 4.69) is 65.1 Å². The number of hydrogen-bond acceptors (Lipinski definition) is 15. The van der Waals surface area contributed by atoms with E-state index in [0.29, 0.717) is 48.9 Å². The fourth-order valence-corrected chi connectivity index (χ4v) is 9.74. The predicted octanol–water partition coefficient (Wildman–Crippen LogP) is 6.48. The number of thiazole rings is 1. The Morgan fingerprint density at radius 1 is 1.05 bits per heavy atom. The second-order valence-corrected chi connectivity index (χ2v) is 20.5. The molecule has 3 aromatic heterocycles. The maximum Gasteiger partial charge on any atom is 0.408 e. The first-order valence-electron chi connectivity index (χ1n) is 22.8. The van der Waals surface area contributed by atoms with Gasteiger partial charge in [-0.05, 0) is 84.7 Å². The number of alkyl carbamates (subject to hydrolysis) is 1. The Bertz CT molecular complexity index is 2440. The lowest BCUT2D eigenvalue weighted by molar-refractivity contribution is -0.150. The van der Waals surface area contributed by atoms with Crippen molar-refractivity contribution in [2.75, 3.05) is 72.1 Å². The first kappa shape index (κ1) is 48.6. The minimum atomic E-state index is -1.06. The zero-order valence-corrected chi connectivity index (χ0v) is 41.1. The van der Waals surface area contributed by atoms with Gasteiger partial charge in [-0.25, -0.2) is 15.2 Å². The SMILES string of the molecule is COC(=O)[C@@H]1CCCN(C(=O)[C@H](Cc2nc(-c3cc4c5c(c3)c(CC(C)(C)COC(C)=O)c(-c3cc(N6CCN(C)CC6)cnc3[C@H](C)OC)n5C(C)CO4)cs2)NC(=O)OC(C)(C)C)N1. The number of benzene rings is 1. The second kappa shape index (κ2) is 19.9. The summed E-state index contributed by atoms with van der Waals surface area (Å²) in [6.07, 6.45) is 2.61. The molecule has 2 amide bonds. The molecule has 3 aliphatic rings. The van der Waals surface area contributed by atoms with E-state index in [0.717, 1.165) is 70.8 Å². The van der Waals surface area contributed by atoms with Gasteiger partial charge in [0.05, 0.1) is 65.4 Å². The van der Waals surface area contributed by atoms with Crippen LogP contribution in [0.2, 0.25) is 0 Å². The zero-order valence-electron chi connectivity index (χ0n) is 40.2. The summed E-state index contributed by atoms with van der Waals surface area (Å²) >= 11 is 1.38. The average molecular weight is 931 g/mol. The van der Waals surface area contributed by atoms with Crippen LogP contribution in [-0.2, 0) is 46.2 Å². The fourth-order valence-electron chi connectivity index (χ4n) is 8.89. The molecule has 7 rings (SSSR count). The van der Waals surface area contributed by atoms with Crippen molar-refractivity contribution >= 4 is 51.9 Å². The van der Waals surface area contributed by atoms with Gasteiger partial charge in [0.25, 0.3) is 5.91 Å². The van der Waals surface area contributed by atoms with Gasteiger partial charge in [0.15, 0.2) is 0 Å². The highest BCUT2D eigenvalue weighted by Crippen LogP contribution is 2.48. The van der Waals surface area contributed by atoms with Gasteiger partial charge in [0, 0.05) is 80.5 Å². The number of piperazine rings is 1. The number of esters is 2. The Hall–Kier alpha value is -5.30. The highest BCUT2D eigenvalue weighted by Gasteiger charge is 2.37. The molecular weight excluding hydrogens is 865 g/mol. The van der Waals surface area contributed by atoms with Crippen molar-refractivity contribution in [1.29, 1.82) is 0 Å². The van der Waals surface area contributed by atoms with Gasteiger partial charge in [-0.15, -0.1) is 11.3 Å². The third-order valence-electron chi connectivity index (χ3n) is 12.3. The smallest absolute Gasteiger partial charge is 0.408 e. The average Bonchev–Trinajstić information content (AvgIpc) is 3.88. The van der Waals surface area contributed by atoms with Gasteiger partial charge in [0.1, 0.15) is 30.0 Å². The van der Waals surface area contributed by atoms with Crippen molar-refractivity contribution in [2.45, 2.75) is 111 Å². The molecule has 4 aromatic rings. The normalized spacial score (nSPS) is 19.0. The van der Waals surface area contributed by atoms with Crippen molar-refractivity contribution in [3.63, 3.8) is 0 Å². The number of nitrogens with one attached hydrogen (secondary N) is 2. The summed E-state index contributed by atoms with van der Waals surface area (Å²) in [5, 5.41) is 7.68. The maximum atomic E-state index is 14.2. The van der Waals surface area contributed by atoms with Crippen molar-refractivity contribution < 1.29 is 42.9 Å². The molecule has 18 heteroatoms. The number of nitrogens with zero attached hydrogens (tertiary/aromatic N) is 6. The van der Waals surface area contributed by atoms with Crippen LogP contribution in [0.5, 0.6) is 5.75 Å². The molecule has 4 atom stereocenters. The number of carbonyl (C=O) groups is 4. The van der Waals surface area contributed by atoms with Crippen LogP contribution in [0.4, 0.5) is 10.5 Å². The number of methoxy groups -OCH3 is 2. The molecule has 0 radical (unpaired) electrons. The number of carbonyl (C=O) groups excluding carboxylic acids is 4. The molecule has 0 saturated carbocycles. The summed E-state index contributed by atoms with van der Waals surface area (Å²) in [6, 6.07) is 4.64. The van der Waals surface area contributed by atoms with Crippen LogP contribution in [0.15, 0.2) is 29.8 Å². The number of amides is 2. The van der Waals surface area contributed by atoms with Gasteiger partial charge in [-0.2, -0.15) is 0 Å². The lowest BCUT2D eigenvalue weighted by Crippen LogP contribution is -2.60. The molecule has 3 aliphatic heterocycles. The van der Waals surface area contributed by atoms with Crippen LogP contribution in [-0.4, -0.2) is 133 Å². The van der Waals surface area contributed by atoms with Gasteiger partial charge in [-0.3, -0.25) is 24.4 Å². The second-order valence-electron chi connectivity index (χ2n) is 19.5.